The molecule has 2 aromatic carbocycles. The number of aromatic nitrogens is 1. The van der Waals surface area contributed by atoms with Gasteiger partial charge in [-0.3, -0.25) is 0 Å². The van der Waals surface area contributed by atoms with Crippen molar-refractivity contribution >= 4 is 21.8 Å². The third-order valence-electron chi connectivity index (χ3n) is 3.30. The van der Waals surface area contributed by atoms with Crippen LogP contribution in [0.4, 0.5) is 10.3 Å². The summed E-state index contributed by atoms with van der Waals surface area (Å²) < 4.78 is 19.8. The van der Waals surface area contributed by atoms with E-state index in [4.69, 9.17) is 10.3 Å². The summed E-state index contributed by atoms with van der Waals surface area (Å²) in [6.07, 6.45) is 0. The molecular formula is C16H12BrFN2O. The Kier molecular flexibility index (Phi) is 3.51. The Morgan fingerprint density at radius 1 is 1.10 bits per heavy atom. The topological polar surface area (TPSA) is 52.0 Å². The van der Waals surface area contributed by atoms with Crippen molar-refractivity contribution in [1.29, 1.82) is 0 Å². The molecule has 0 aliphatic rings. The van der Waals surface area contributed by atoms with Crippen LogP contribution < -0.4 is 5.73 Å². The van der Waals surface area contributed by atoms with Crippen molar-refractivity contribution in [3.05, 3.63) is 58.3 Å². The van der Waals surface area contributed by atoms with Crippen LogP contribution in [0.5, 0.6) is 0 Å². The molecule has 0 saturated heterocycles. The van der Waals surface area contributed by atoms with Crippen molar-refractivity contribution in [3.63, 3.8) is 0 Å². The maximum absolute atomic E-state index is 13.8. The van der Waals surface area contributed by atoms with Gasteiger partial charge in [-0.25, -0.2) is 4.39 Å². The van der Waals surface area contributed by atoms with Gasteiger partial charge in [-0.05, 0) is 36.2 Å². The Morgan fingerprint density at radius 3 is 2.43 bits per heavy atom. The molecule has 0 spiro atoms. The van der Waals surface area contributed by atoms with E-state index in [0.29, 0.717) is 22.4 Å². The summed E-state index contributed by atoms with van der Waals surface area (Å²) in [5, 5.41) is 3.98. The first-order valence-corrected chi connectivity index (χ1v) is 7.13. The number of aryl methyl sites for hydroxylation is 1. The molecule has 3 nitrogen and oxygen atoms in total. The van der Waals surface area contributed by atoms with Crippen LogP contribution in [0.1, 0.15) is 5.56 Å². The molecular weight excluding hydrogens is 335 g/mol. The second kappa shape index (κ2) is 5.33. The Morgan fingerprint density at radius 2 is 1.76 bits per heavy atom. The Balaban J connectivity index is 2.16. The standard InChI is InChI=1S/C16H12BrFN2O/c1-9-2-3-11(8-13(9)18)15-14(16(19)21-20-15)10-4-6-12(17)7-5-10/h2-8H,19H2,1H3. The van der Waals surface area contributed by atoms with Gasteiger partial charge < -0.3 is 10.3 Å². The minimum Gasteiger partial charge on any atom is -0.367 e. The number of nitrogens with two attached hydrogens (primary N) is 1. The van der Waals surface area contributed by atoms with Crippen LogP contribution in [0.3, 0.4) is 0 Å². The monoisotopic (exact) mass is 346 g/mol. The van der Waals surface area contributed by atoms with Gasteiger partial charge in [0.15, 0.2) is 0 Å². The number of nitrogens with zero attached hydrogens (tertiary/aromatic N) is 1. The number of benzene rings is 2. The summed E-state index contributed by atoms with van der Waals surface area (Å²) in [5.41, 5.74) is 9.18. The Labute approximate surface area is 129 Å². The lowest BCUT2D eigenvalue weighted by Gasteiger charge is -2.04. The number of rotatable bonds is 2. The molecule has 0 radical (unpaired) electrons. The van der Waals surface area contributed by atoms with Crippen molar-refractivity contribution in [1.82, 2.24) is 5.16 Å². The van der Waals surface area contributed by atoms with E-state index < -0.39 is 0 Å². The fourth-order valence-electron chi connectivity index (χ4n) is 2.14. The van der Waals surface area contributed by atoms with Gasteiger partial charge in [0.05, 0.1) is 5.56 Å². The van der Waals surface area contributed by atoms with Gasteiger partial charge in [-0.15, -0.1) is 0 Å². The van der Waals surface area contributed by atoms with E-state index in [0.717, 1.165) is 10.0 Å². The summed E-state index contributed by atoms with van der Waals surface area (Å²) in [5.74, 6) is -0.0656. The smallest absolute Gasteiger partial charge is 0.230 e. The second-order valence-electron chi connectivity index (χ2n) is 4.74. The lowest BCUT2D eigenvalue weighted by atomic mass is 10.00. The van der Waals surface area contributed by atoms with Crippen molar-refractivity contribution in [3.8, 4) is 22.4 Å². The van der Waals surface area contributed by atoms with Gasteiger partial charge in [0, 0.05) is 10.0 Å². The average Bonchev–Trinajstić information content (AvgIpc) is 2.85. The highest BCUT2D eigenvalue weighted by atomic mass is 79.9. The van der Waals surface area contributed by atoms with Crippen LogP contribution in [0.25, 0.3) is 22.4 Å². The van der Waals surface area contributed by atoms with Crippen LogP contribution in [-0.4, -0.2) is 5.16 Å². The van der Waals surface area contributed by atoms with E-state index in [9.17, 15) is 4.39 Å². The number of hydrogen-bond acceptors (Lipinski definition) is 3. The van der Waals surface area contributed by atoms with Crippen molar-refractivity contribution in [2.24, 2.45) is 0 Å². The molecule has 21 heavy (non-hydrogen) atoms. The van der Waals surface area contributed by atoms with Gasteiger partial charge in [0.1, 0.15) is 11.5 Å². The molecule has 3 aromatic rings. The maximum atomic E-state index is 13.8. The predicted molar refractivity (Wildman–Crippen MR) is 84.2 cm³/mol. The number of nitrogen functional groups attached to an aromatic ring is 1. The van der Waals surface area contributed by atoms with Gasteiger partial charge in [0.2, 0.25) is 5.88 Å². The van der Waals surface area contributed by atoms with Crippen molar-refractivity contribution < 1.29 is 8.91 Å². The third-order valence-corrected chi connectivity index (χ3v) is 3.83. The Hall–Kier alpha value is -2.14. The van der Waals surface area contributed by atoms with Gasteiger partial charge in [-0.2, -0.15) is 0 Å². The zero-order valence-electron chi connectivity index (χ0n) is 11.2. The van der Waals surface area contributed by atoms with E-state index >= 15 is 0 Å². The molecule has 5 heteroatoms. The summed E-state index contributed by atoms with van der Waals surface area (Å²) in [6, 6.07) is 12.6. The van der Waals surface area contributed by atoms with Crippen LogP contribution in [-0.2, 0) is 0 Å². The fourth-order valence-corrected chi connectivity index (χ4v) is 2.40. The van der Waals surface area contributed by atoms with E-state index in [-0.39, 0.29) is 11.7 Å². The zero-order chi connectivity index (χ0) is 15.0. The maximum Gasteiger partial charge on any atom is 0.230 e. The summed E-state index contributed by atoms with van der Waals surface area (Å²) >= 11 is 3.39. The van der Waals surface area contributed by atoms with Gasteiger partial charge in [0.25, 0.3) is 0 Å². The quantitative estimate of drug-likeness (QED) is 0.724. The highest BCUT2D eigenvalue weighted by Crippen LogP contribution is 2.36. The minimum absolute atomic E-state index is 0.216. The highest BCUT2D eigenvalue weighted by Gasteiger charge is 2.18. The molecule has 1 heterocycles. The van der Waals surface area contributed by atoms with Crippen molar-refractivity contribution in [2.75, 3.05) is 5.73 Å². The fraction of sp³-hybridized carbons (Fsp3) is 0.0625. The highest BCUT2D eigenvalue weighted by molar-refractivity contribution is 9.10. The van der Waals surface area contributed by atoms with Crippen LogP contribution in [0.15, 0.2) is 51.5 Å². The van der Waals surface area contributed by atoms with Gasteiger partial charge in [-0.1, -0.05) is 45.4 Å². The van der Waals surface area contributed by atoms with E-state index in [1.54, 1.807) is 19.1 Å². The average molecular weight is 347 g/mol. The minimum atomic E-state index is -0.282. The lowest BCUT2D eigenvalue weighted by Crippen LogP contribution is -1.89. The van der Waals surface area contributed by atoms with Crippen LogP contribution >= 0.6 is 15.9 Å². The molecule has 0 unspecified atom stereocenters. The predicted octanol–water partition coefficient (Wildman–Crippen LogP) is 4.80. The van der Waals surface area contributed by atoms with E-state index in [2.05, 4.69) is 21.1 Å². The zero-order valence-corrected chi connectivity index (χ0v) is 12.8. The first kappa shape index (κ1) is 13.8. The first-order chi connectivity index (χ1) is 10.1. The van der Waals surface area contributed by atoms with Crippen LogP contribution in [0.2, 0.25) is 0 Å². The molecule has 1 aromatic heterocycles. The number of halogens is 2. The van der Waals surface area contributed by atoms with E-state index in [1.165, 1.54) is 6.07 Å². The molecule has 3 rings (SSSR count). The molecule has 0 fully saturated rings. The summed E-state index contributed by atoms with van der Waals surface area (Å²) in [4.78, 5) is 0. The molecule has 0 saturated carbocycles. The summed E-state index contributed by atoms with van der Waals surface area (Å²) in [7, 11) is 0. The lowest BCUT2D eigenvalue weighted by molar-refractivity contribution is 0.439. The molecule has 0 aliphatic carbocycles. The molecule has 0 amide bonds. The number of anilines is 1. The SMILES string of the molecule is Cc1ccc(-c2noc(N)c2-c2ccc(Br)cc2)cc1F. The molecule has 0 atom stereocenters. The largest absolute Gasteiger partial charge is 0.367 e. The Bertz CT molecular complexity index is 797. The van der Waals surface area contributed by atoms with Gasteiger partial charge >= 0.3 is 0 Å². The number of hydrogen-bond donors (Lipinski definition) is 1. The normalized spacial score (nSPS) is 10.8. The molecule has 2 N–H and O–H groups in total. The van der Waals surface area contributed by atoms with Crippen molar-refractivity contribution in [2.45, 2.75) is 6.92 Å². The molecule has 0 aliphatic heterocycles. The molecule has 106 valence electrons. The third kappa shape index (κ3) is 2.56. The first-order valence-electron chi connectivity index (χ1n) is 6.34. The van der Waals surface area contributed by atoms with E-state index in [1.807, 2.05) is 24.3 Å². The molecule has 0 bridgehead atoms. The summed E-state index contributed by atoms with van der Waals surface area (Å²) in [6.45, 7) is 1.71. The second-order valence-corrected chi connectivity index (χ2v) is 5.66. The van der Waals surface area contributed by atoms with Crippen LogP contribution in [0, 0.1) is 12.7 Å².